The van der Waals surface area contributed by atoms with Gasteiger partial charge < -0.3 is 14.7 Å². The maximum Gasteiger partial charge on any atom is 0.309 e. The highest BCUT2D eigenvalue weighted by molar-refractivity contribution is 5.71. The molecular formula is C15H21NO3. The minimum atomic E-state index is -0.678. The zero-order valence-corrected chi connectivity index (χ0v) is 11.6. The van der Waals surface area contributed by atoms with Gasteiger partial charge in [0.15, 0.2) is 0 Å². The van der Waals surface area contributed by atoms with Crippen molar-refractivity contribution in [3.8, 4) is 5.75 Å². The fourth-order valence-corrected chi connectivity index (χ4v) is 2.40. The van der Waals surface area contributed by atoms with Crippen LogP contribution in [0.5, 0.6) is 5.75 Å². The number of carboxylic acids is 1. The van der Waals surface area contributed by atoms with Crippen LogP contribution in [-0.4, -0.2) is 42.2 Å². The van der Waals surface area contributed by atoms with E-state index in [1.54, 1.807) is 0 Å². The van der Waals surface area contributed by atoms with Crippen molar-refractivity contribution in [1.29, 1.82) is 0 Å². The lowest BCUT2D eigenvalue weighted by atomic mass is 10.0. The van der Waals surface area contributed by atoms with Gasteiger partial charge in [-0.15, -0.1) is 0 Å². The van der Waals surface area contributed by atoms with Crippen molar-refractivity contribution in [1.82, 2.24) is 4.90 Å². The normalized spacial score (nSPS) is 16.1. The molecule has 1 fully saturated rings. The minimum absolute atomic E-state index is 0.166. The molecule has 0 amide bonds. The van der Waals surface area contributed by atoms with Gasteiger partial charge in [-0.2, -0.15) is 0 Å². The summed E-state index contributed by atoms with van der Waals surface area (Å²) >= 11 is 0. The number of likely N-dealkylation sites (tertiary alicyclic amines) is 1. The second kappa shape index (κ2) is 6.06. The number of nitrogens with zero attached hydrogens (tertiary/aromatic N) is 1. The van der Waals surface area contributed by atoms with Gasteiger partial charge in [0.05, 0.1) is 12.5 Å². The first-order chi connectivity index (χ1) is 9.04. The third kappa shape index (κ3) is 3.96. The molecule has 19 heavy (non-hydrogen) atoms. The van der Waals surface area contributed by atoms with E-state index in [0.29, 0.717) is 19.7 Å². The van der Waals surface area contributed by atoms with E-state index < -0.39 is 5.97 Å². The molecule has 4 heteroatoms. The Morgan fingerprint density at radius 1 is 1.32 bits per heavy atom. The molecule has 0 atom stereocenters. The van der Waals surface area contributed by atoms with Crippen LogP contribution in [0.2, 0.25) is 0 Å². The number of rotatable bonds is 6. The van der Waals surface area contributed by atoms with Crippen molar-refractivity contribution in [3.05, 3.63) is 29.3 Å². The van der Waals surface area contributed by atoms with E-state index in [4.69, 9.17) is 9.84 Å². The summed E-state index contributed by atoms with van der Waals surface area (Å²) in [6.45, 7) is 7.07. The summed E-state index contributed by atoms with van der Waals surface area (Å²) in [7, 11) is 0. The monoisotopic (exact) mass is 263 g/mol. The highest BCUT2D eigenvalue weighted by atomic mass is 16.5. The predicted octanol–water partition coefficient (Wildman–Crippen LogP) is 2.09. The van der Waals surface area contributed by atoms with Crippen LogP contribution in [0.15, 0.2) is 18.2 Å². The van der Waals surface area contributed by atoms with Crippen LogP contribution < -0.4 is 4.74 Å². The third-order valence-electron chi connectivity index (χ3n) is 3.39. The standard InChI is InChI=1S/C15H21NO3/c1-11-6-12(2)8-14(7-11)19-5-3-4-16-9-13(10-16)15(17)18/h6-8,13H,3-5,9-10H2,1-2H3,(H,17,18). The summed E-state index contributed by atoms with van der Waals surface area (Å²) in [6, 6.07) is 6.20. The smallest absolute Gasteiger partial charge is 0.309 e. The first-order valence-corrected chi connectivity index (χ1v) is 6.71. The van der Waals surface area contributed by atoms with Gasteiger partial charge in [-0.25, -0.2) is 0 Å². The molecule has 1 aliphatic rings. The van der Waals surface area contributed by atoms with Crippen molar-refractivity contribution in [2.45, 2.75) is 20.3 Å². The Balaban J connectivity index is 1.64. The molecule has 2 rings (SSSR count). The van der Waals surface area contributed by atoms with Gasteiger partial charge in [0, 0.05) is 19.6 Å². The number of carboxylic acid groups (broad SMARTS) is 1. The topological polar surface area (TPSA) is 49.8 Å². The second-order valence-corrected chi connectivity index (χ2v) is 5.32. The average Bonchev–Trinajstić information content (AvgIpc) is 2.24. The van der Waals surface area contributed by atoms with Gasteiger partial charge >= 0.3 is 5.97 Å². The summed E-state index contributed by atoms with van der Waals surface area (Å²) < 4.78 is 5.72. The molecule has 1 saturated heterocycles. The molecule has 104 valence electrons. The lowest BCUT2D eigenvalue weighted by molar-refractivity contribution is -0.147. The summed E-state index contributed by atoms with van der Waals surface area (Å²) in [5.41, 5.74) is 2.42. The van der Waals surface area contributed by atoms with Gasteiger partial charge in [-0.3, -0.25) is 4.79 Å². The number of benzene rings is 1. The maximum atomic E-state index is 10.7. The molecule has 1 aromatic rings. The zero-order valence-electron chi connectivity index (χ0n) is 11.6. The van der Waals surface area contributed by atoms with Crippen molar-refractivity contribution < 1.29 is 14.6 Å². The molecule has 0 unspecified atom stereocenters. The van der Waals surface area contributed by atoms with Crippen molar-refractivity contribution in [2.24, 2.45) is 5.92 Å². The molecule has 1 N–H and O–H groups in total. The Bertz CT molecular complexity index is 432. The number of hydrogen-bond donors (Lipinski definition) is 1. The predicted molar refractivity (Wildman–Crippen MR) is 73.6 cm³/mol. The molecule has 0 aromatic heterocycles. The fraction of sp³-hybridized carbons (Fsp3) is 0.533. The third-order valence-corrected chi connectivity index (χ3v) is 3.39. The Kier molecular flexibility index (Phi) is 4.43. The molecule has 4 nitrogen and oxygen atoms in total. The van der Waals surface area contributed by atoms with Crippen LogP contribution in [-0.2, 0) is 4.79 Å². The second-order valence-electron chi connectivity index (χ2n) is 5.32. The Hall–Kier alpha value is -1.55. The molecule has 0 bridgehead atoms. The minimum Gasteiger partial charge on any atom is -0.494 e. The SMILES string of the molecule is Cc1cc(C)cc(OCCCN2CC(C(=O)O)C2)c1. The lowest BCUT2D eigenvalue weighted by Crippen LogP contribution is -2.50. The largest absolute Gasteiger partial charge is 0.494 e. The molecular weight excluding hydrogens is 242 g/mol. The molecule has 0 radical (unpaired) electrons. The number of hydrogen-bond acceptors (Lipinski definition) is 3. The van der Waals surface area contributed by atoms with Crippen LogP contribution in [0.3, 0.4) is 0 Å². The van der Waals surface area contributed by atoms with Crippen LogP contribution in [0.4, 0.5) is 0 Å². The zero-order chi connectivity index (χ0) is 13.8. The van der Waals surface area contributed by atoms with Crippen molar-refractivity contribution in [3.63, 3.8) is 0 Å². The first kappa shape index (κ1) is 13.9. The number of carbonyl (C=O) groups is 1. The lowest BCUT2D eigenvalue weighted by Gasteiger charge is -2.36. The van der Waals surface area contributed by atoms with E-state index in [0.717, 1.165) is 18.7 Å². The van der Waals surface area contributed by atoms with Gasteiger partial charge in [-0.1, -0.05) is 6.07 Å². The molecule has 0 saturated carbocycles. The van der Waals surface area contributed by atoms with E-state index in [-0.39, 0.29) is 5.92 Å². The highest BCUT2D eigenvalue weighted by Crippen LogP contribution is 2.18. The number of ether oxygens (including phenoxy) is 1. The van der Waals surface area contributed by atoms with E-state index in [1.165, 1.54) is 11.1 Å². The molecule has 0 aliphatic carbocycles. The number of aryl methyl sites for hydroxylation is 2. The Morgan fingerprint density at radius 3 is 2.53 bits per heavy atom. The van der Waals surface area contributed by atoms with E-state index in [1.807, 2.05) is 12.1 Å². The van der Waals surface area contributed by atoms with E-state index >= 15 is 0 Å². The summed E-state index contributed by atoms with van der Waals surface area (Å²) in [5, 5.41) is 8.77. The van der Waals surface area contributed by atoms with E-state index in [2.05, 4.69) is 24.8 Å². The molecule has 1 aliphatic heterocycles. The molecule has 0 spiro atoms. The first-order valence-electron chi connectivity index (χ1n) is 6.71. The van der Waals surface area contributed by atoms with Gasteiger partial charge in [0.2, 0.25) is 0 Å². The summed E-state index contributed by atoms with van der Waals surface area (Å²) in [6.07, 6.45) is 0.930. The summed E-state index contributed by atoms with van der Waals surface area (Å²) in [4.78, 5) is 12.8. The Morgan fingerprint density at radius 2 is 1.95 bits per heavy atom. The summed E-state index contributed by atoms with van der Waals surface area (Å²) in [5.74, 6) is 0.0765. The van der Waals surface area contributed by atoms with Gasteiger partial charge in [0.25, 0.3) is 0 Å². The van der Waals surface area contributed by atoms with Crippen LogP contribution in [0.1, 0.15) is 17.5 Å². The van der Waals surface area contributed by atoms with Crippen LogP contribution in [0, 0.1) is 19.8 Å². The van der Waals surface area contributed by atoms with Crippen LogP contribution in [0.25, 0.3) is 0 Å². The Labute approximate surface area is 114 Å². The van der Waals surface area contributed by atoms with E-state index in [9.17, 15) is 4.79 Å². The highest BCUT2D eigenvalue weighted by Gasteiger charge is 2.31. The van der Waals surface area contributed by atoms with Crippen LogP contribution >= 0.6 is 0 Å². The van der Waals surface area contributed by atoms with Gasteiger partial charge in [0.1, 0.15) is 5.75 Å². The van der Waals surface area contributed by atoms with Gasteiger partial charge in [-0.05, 0) is 43.5 Å². The fourth-order valence-electron chi connectivity index (χ4n) is 2.40. The molecule has 1 aromatic carbocycles. The maximum absolute atomic E-state index is 10.7. The number of aliphatic carboxylic acids is 1. The average molecular weight is 263 g/mol. The van der Waals surface area contributed by atoms with Crippen molar-refractivity contribution in [2.75, 3.05) is 26.2 Å². The molecule has 1 heterocycles. The quantitative estimate of drug-likeness (QED) is 0.798. The van der Waals surface area contributed by atoms with Crippen molar-refractivity contribution >= 4 is 5.97 Å².